The second-order valence-corrected chi connectivity index (χ2v) is 3.91. The number of halogens is 1. The molecule has 0 unspecified atom stereocenters. The van der Waals surface area contributed by atoms with Crippen molar-refractivity contribution >= 4 is 28.5 Å². The summed E-state index contributed by atoms with van der Waals surface area (Å²) in [5, 5.41) is 7.78. The van der Waals surface area contributed by atoms with Gasteiger partial charge in [0, 0.05) is 20.2 Å². The third-order valence-corrected chi connectivity index (χ3v) is 2.57. The summed E-state index contributed by atoms with van der Waals surface area (Å²) in [6.07, 6.45) is 1.69. The fourth-order valence-corrected chi connectivity index (χ4v) is 1.70. The average molecular weight is 256 g/mol. The minimum absolute atomic E-state index is 0.208. The highest BCUT2D eigenvalue weighted by molar-refractivity contribution is 6.28. The lowest BCUT2D eigenvalue weighted by atomic mass is 10.3. The molecule has 2 aromatic rings. The van der Waals surface area contributed by atoms with E-state index >= 15 is 0 Å². The van der Waals surface area contributed by atoms with E-state index in [0.29, 0.717) is 18.9 Å². The van der Waals surface area contributed by atoms with Crippen LogP contribution in [-0.2, 0) is 4.74 Å². The smallest absolute Gasteiger partial charge is 0.226 e. The molecule has 0 spiro atoms. The summed E-state index contributed by atoms with van der Waals surface area (Å²) in [5.74, 6) is 0.758. The van der Waals surface area contributed by atoms with Gasteiger partial charge in [0.1, 0.15) is 5.82 Å². The van der Waals surface area contributed by atoms with Gasteiger partial charge in [0.05, 0.1) is 18.2 Å². The van der Waals surface area contributed by atoms with E-state index in [2.05, 4.69) is 20.2 Å². The molecule has 0 aromatic carbocycles. The number of aromatic amines is 1. The Balaban J connectivity index is 2.24. The van der Waals surface area contributed by atoms with E-state index in [1.54, 1.807) is 6.20 Å². The van der Waals surface area contributed by atoms with Gasteiger partial charge in [-0.15, -0.1) is 0 Å². The van der Waals surface area contributed by atoms with E-state index in [1.807, 2.05) is 18.9 Å². The van der Waals surface area contributed by atoms with Gasteiger partial charge in [-0.25, -0.2) is 0 Å². The summed E-state index contributed by atoms with van der Waals surface area (Å²) in [6.45, 7) is 4.06. The van der Waals surface area contributed by atoms with Crippen molar-refractivity contribution < 1.29 is 4.74 Å². The van der Waals surface area contributed by atoms with Gasteiger partial charge in [-0.05, 0) is 18.5 Å². The summed E-state index contributed by atoms with van der Waals surface area (Å²) in [5.41, 5.74) is 0.642. The number of nitrogens with zero attached hydrogens (tertiary/aromatic N) is 4. The van der Waals surface area contributed by atoms with Crippen molar-refractivity contribution in [2.75, 3.05) is 31.7 Å². The van der Waals surface area contributed by atoms with Crippen molar-refractivity contribution in [3.63, 3.8) is 0 Å². The first kappa shape index (κ1) is 12.1. The highest BCUT2D eigenvalue weighted by atomic mass is 35.5. The Morgan fingerprint density at radius 1 is 1.47 bits per heavy atom. The molecule has 92 valence electrons. The maximum Gasteiger partial charge on any atom is 0.226 e. The topological polar surface area (TPSA) is 66.9 Å². The van der Waals surface area contributed by atoms with Crippen LogP contribution in [0.15, 0.2) is 6.20 Å². The van der Waals surface area contributed by atoms with Gasteiger partial charge in [0.25, 0.3) is 0 Å². The van der Waals surface area contributed by atoms with Gasteiger partial charge in [-0.2, -0.15) is 15.1 Å². The Morgan fingerprint density at radius 2 is 2.29 bits per heavy atom. The van der Waals surface area contributed by atoms with Crippen molar-refractivity contribution in [3.8, 4) is 0 Å². The highest BCUT2D eigenvalue weighted by Gasteiger charge is 2.12. The Morgan fingerprint density at radius 3 is 3.06 bits per heavy atom. The number of H-pyrrole nitrogens is 1. The minimum atomic E-state index is 0.208. The first-order valence-electron chi connectivity index (χ1n) is 5.38. The van der Waals surface area contributed by atoms with Gasteiger partial charge in [-0.1, -0.05) is 0 Å². The molecule has 2 aromatic heterocycles. The third-order valence-electron chi connectivity index (χ3n) is 2.40. The molecule has 0 aliphatic carbocycles. The van der Waals surface area contributed by atoms with Crippen LogP contribution in [0, 0.1) is 0 Å². The molecule has 0 aliphatic heterocycles. The molecule has 0 aliphatic rings. The predicted molar refractivity (Wildman–Crippen MR) is 66.5 cm³/mol. The van der Waals surface area contributed by atoms with E-state index in [9.17, 15) is 0 Å². The molecule has 2 rings (SSSR count). The largest absolute Gasteiger partial charge is 0.380 e. The summed E-state index contributed by atoms with van der Waals surface area (Å²) >= 11 is 5.86. The molecule has 0 saturated carbocycles. The molecule has 0 atom stereocenters. The standard InChI is InChI=1S/C10H14ClN5O/c1-3-17-5-4-16(2)9-7-6-12-15-8(7)13-10(11)14-9/h6H,3-5H2,1-2H3,(H,12,13,14,15). The molecule has 0 fully saturated rings. The lowest BCUT2D eigenvalue weighted by Crippen LogP contribution is -2.23. The zero-order valence-electron chi connectivity index (χ0n) is 9.77. The van der Waals surface area contributed by atoms with Crippen LogP contribution >= 0.6 is 11.6 Å². The van der Waals surface area contributed by atoms with Gasteiger partial charge in [0.15, 0.2) is 5.65 Å². The number of ether oxygens (including phenoxy) is 1. The molecule has 7 heteroatoms. The SMILES string of the molecule is CCOCCN(C)c1nc(Cl)nc2[nH]ncc12. The Hall–Kier alpha value is -1.40. The summed E-state index contributed by atoms with van der Waals surface area (Å²) < 4.78 is 5.31. The molecule has 17 heavy (non-hydrogen) atoms. The fourth-order valence-electron chi connectivity index (χ4n) is 1.54. The van der Waals surface area contributed by atoms with Crippen LogP contribution in [0.4, 0.5) is 5.82 Å². The average Bonchev–Trinajstić information content (AvgIpc) is 2.75. The van der Waals surface area contributed by atoms with E-state index in [-0.39, 0.29) is 5.28 Å². The predicted octanol–water partition coefficient (Wildman–Crippen LogP) is 1.48. The van der Waals surface area contributed by atoms with Crippen molar-refractivity contribution in [1.82, 2.24) is 20.2 Å². The van der Waals surface area contributed by atoms with Crippen molar-refractivity contribution in [2.24, 2.45) is 0 Å². The number of aromatic nitrogens is 4. The maximum atomic E-state index is 5.86. The molecule has 0 amide bonds. The maximum absolute atomic E-state index is 5.86. The van der Waals surface area contributed by atoms with Crippen LogP contribution in [0.5, 0.6) is 0 Å². The van der Waals surface area contributed by atoms with Gasteiger partial charge in [0.2, 0.25) is 5.28 Å². The Kier molecular flexibility index (Phi) is 3.75. The minimum Gasteiger partial charge on any atom is -0.380 e. The molecular weight excluding hydrogens is 242 g/mol. The normalized spacial score (nSPS) is 11.0. The third kappa shape index (κ3) is 2.65. The van der Waals surface area contributed by atoms with E-state index in [0.717, 1.165) is 17.7 Å². The molecule has 6 nitrogen and oxygen atoms in total. The number of rotatable bonds is 5. The van der Waals surface area contributed by atoms with Crippen LogP contribution in [0.3, 0.4) is 0 Å². The summed E-state index contributed by atoms with van der Waals surface area (Å²) in [4.78, 5) is 10.2. The second kappa shape index (κ2) is 5.29. The van der Waals surface area contributed by atoms with Crippen LogP contribution in [0.2, 0.25) is 5.28 Å². The number of anilines is 1. The lowest BCUT2D eigenvalue weighted by Gasteiger charge is -2.18. The van der Waals surface area contributed by atoms with E-state index in [4.69, 9.17) is 16.3 Å². The molecule has 2 heterocycles. The van der Waals surface area contributed by atoms with Crippen molar-refractivity contribution in [3.05, 3.63) is 11.5 Å². The number of hydrogen-bond acceptors (Lipinski definition) is 5. The van der Waals surface area contributed by atoms with Crippen LogP contribution in [0.25, 0.3) is 11.0 Å². The molecule has 1 N–H and O–H groups in total. The van der Waals surface area contributed by atoms with Gasteiger partial charge in [-0.3, -0.25) is 5.10 Å². The zero-order chi connectivity index (χ0) is 12.3. The molecule has 0 bridgehead atoms. The van der Waals surface area contributed by atoms with E-state index < -0.39 is 0 Å². The van der Waals surface area contributed by atoms with E-state index in [1.165, 1.54) is 0 Å². The number of fused-ring (bicyclic) bond motifs is 1. The lowest BCUT2D eigenvalue weighted by molar-refractivity contribution is 0.154. The van der Waals surface area contributed by atoms with Crippen LogP contribution in [-0.4, -0.2) is 47.0 Å². The van der Waals surface area contributed by atoms with Crippen molar-refractivity contribution in [2.45, 2.75) is 6.92 Å². The first-order chi connectivity index (χ1) is 8.22. The molecular formula is C10H14ClN5O. The van der Waals surface area contributed by atoms with Gasteiger partial charge >= 0.3 is 0 Å². The highest BCUT2D eigenvalue weighted by Crippen LogP contribution is 2.22. The summed E-state index contributed by atoms with van der Waals surface area (Å²) in [6, 6.07) is 0. The van der Waals surface area contributed by atoms with Gasteiger partial charge < -0.3 is 9.64 Å². The Bertz CT molecular complexity index is 500. The summed E-state index contributed by atoms with van der Waals surface area (Å²) in [7, 11) is 1.93. The fraction of sp³-hybridized carbons (Fsp3) is 0.500. The molecule has 0 saturated heterocycles. The zero-order valence-corrected chi connectivity index (χ0v) is 10.5. The monoisotopic (exact) mass is 255 g/mol. The second-order valence-electron chi connectivity index (χ2n) is 3.57. The molecule has 0 radical (unpaired) electrons. The first-order valence-corrected chi connectivity index (χ1v) is 5.75. The Labute approximate surface area is 104 Å². The quantitative estimate of drug-likeness (QED) is 0.648. The number of likely N-dealkylation sites (N-methyl/N-ethyl adjacent to an activating group) is 1. The van der Waals surface area contributed by atoms with Crippen LogP contribution < -0.4 is 4.90 Å². The number of nitrogens with one attached hydrogen (secondary N) is 1. The van der Waals surface area contributed by atoms with Crippen LogP contribution in [0.1, 0.15) is 6.92 Å². The number of hydrogen-bond donors (Lipinski definition) is 1. The van der Waals surface area contributed by atoms with Crippen molar-refractivity contribution in [1.29, 1.82) is 0 Å².